The number of para-hydroxylation sites is 2. The minimum atomic E-state index is 0.391. The average molecular weight is 352 g/mol. The molecule has 0 unspecified atom stereocenters. The molecule has 22 heavy (non-hydrogen) atoms. The zero-order chi connectivity index (χ0) is 15.1. The highest BCUT2D eigenvalue weighted by molar-refractivity contribution is 9.10. The van der Waals surface area contributed by atoms with Gasteiger partial charge in [-0.2, -0.15) is 0 Å². The molecule has 0 atom stereocenters. The molecule has 106 valence electrons. The maximum Gasteiger partial charge on any atom is 0.143 e. The lowest BCUT2D eigenvalue weighted by Gasteiger charge is -2.07. The van der Waals surface area contributed by atoms with Crippen LogP contribution < -0.4 is 0 Å². The summed E-state index contributed by atoms with van der Waals surface area (Å²) in [6.07, 6.45) is 0. The summed E-state index contributed by atoms with van der Waals surface area (Å²) in [7, 11) is 0. The number of rotatable bonds is 2. The van der Waals surface area contributed by atoms with Crippen LogP contribution in [0.3, 0.4) is 0 Å². The zero-order valence-electron chi connectivity index (χ0n) is 11.4. The molecule has 0 amide bonds. The molecule has 0 aliphatic rings. The molecule has 0 saturated heterocycles. The van der Waals surface area contributed by atoms with Gasteiger partial charge in [-0.15, -0.1) is 4.91 Å². The first-order valence-electron chi connectivity index (χ1n) is 6.82. The summed E-state index contributed by atoms with van der Waals surface area (Å²) < 4.78 is 6.85. The third kappa shape index (κ3) is 1.88. The van der Waals surface area contributed by atoms with Crippen molar-refractivity contribution in [2.45, 2.75) is 0 Å². The van der Waals surface area contributed by atoms with E-state index in [9.17, 15) is 4.91 Å². The molecule has 0 aliphatic heterocycles. The van der Waals surface area contributed by atoms with E-state index in [1.807, 2.05) is 48.5 Å². The van der Waals surface area contributed by atoms with Crippen LogP contribution in [0.4, 0.5) is 5.69 Å². The van der Waals surface area contributed by atoms with Gasteiger partial charge in [0.15, 0.2) is 0 Å². The second-order valence-corrected chi connectivity index (χ2v) is 5.86. The van der Waals surface area contributed by atoms with Gasteiger partial charge in [-0.05, 0) is 23.4 Å². The van der Waals surface area contributed by atoms with Crippen LogP contribution >= 0.6 is 15.9 Å². The molecule has 1 aromatic heterocycles. The Kier molecular flexibility index (Phi) is 3.05. The summed E-state index contributed by atoms with van der Waals surface area (Å²) in [6, 6.07) is 19.2. The number of benzene rings is 3. The normalized spacial score (nSPS) is 11.1. The number of hydrogen-bond acceptors (Lipinski definition) is 3. The first-order valence-corrected chi connectivity index (χ1v) is 7.61. The van der Waals surface area contributed by atoms with Crippen molar-refractivity contribution in [1.82, 2.24) is 0 Å². The lowest BCUT2D eigenvalue weighted by atomic mass is 10.0. The highest BCUT2D eigenvalue weighted by Gasteiger charge is 2.16. The minimum Gasteiger partial charge on any atom is -0.455 e. The van der Waals surface area contributed by atoms with Crippen molar-refractivity contribution in [3.05, 3.63) is 70.0 Å². The van der Waals surface area contributed by atoms with Crippen LogP contribution in [0, 0.1) is 4.91 Å². The Morgan fingerprint density at radius 2 is 1.64 bits per heavy atom. The smallest absolute Gasteiger partial charge is 0.143 e. The van der Waals surface area contributed by atoms with Gasteiger partial charge in [0.2, 0.25) is 0 Å². The second-order valence-electron chi connectivity index (χ2n) is 5.01. The molecular formula is C18H10BrNO2. The molecule has 0 radical (unpaired) electrons. The summed E-state index contributed by atoms with van der Waals surface area (Å²) in [5, 5.41) is 5.24. The molecule has 0 bridgehead atoms. The zero-order valence-corrected chi connectivity index (χ0v) is 13.0. The fraction of sp³-hybridized carbons (Fsp3) is 0. The number of halogens is 1. The molecule has 4 heteroatoms. The summed E-state index contributed by atoms with van der Waals surface area (Å²) in [5.74, 6) is 0. The fourth-order valence-corrected chi connectivity index (χ4v) is 3.37. The van der Waals surface area contributed by atoms with E-state index in [0.717, 1.165) is 37.5 Å². The van der Waals surface area contributed by atoms with Gasteiger partial charge >= 0.3 is 0 Å². The highest BCUT2D eigenvalue weighted by Crippen LogP contribution is 2.42. The largest absolute Gasteiger partial charge is 0.455 e. The lowest BCUT2D eigenvalue weighted by Crippen LogP contribution is -1.82. The predicted molar refractivity (Wildman–Crippen MR) is 92.3 cm³/mol. The minimum absolute atomic E-state index is 0.391. The molecule has 0 fully saturated rings. The van der Waals surface area contributed by atoms with Gasteiger partial charge in [-0.3, -0.25) is 0 Å². The predicted octanol–water partition coefficient (Wildman–Crippen LogP) is 6.41. The maximum atomic E-state index is 11.2. The van der Waals surface area contributed by atoms with E-state index in [1.165, 1.54) is 0 Å². The van der Waals surface area contributed by atoms with Crippen LogP contribution in [0.2, 0.25) is 0 Å². The first kappa shape index (κ1) is 13.2. The third-order valence-corrected chi connectivity index (χ3v) is 4.42. The topological polar surface area (TPSA) is 42.6 Å². The van der Waals surface area contributed by atoms with E-state index in [2.05, 4.69) is 21.1 Å². The molecule has 0 N–H and O–H groups in total. The van der Waals surface area contributed by atoms with Crippen LogP contribution in [0.15, 0.2) is 74.7 Å². The van der Waals surface area contributed by atoms with Crippen molar-refractivity contribution in [3.63, 3.8) is 0 Å². The lowest BCUT2D eigenvalue weighted by molar-refractivity contribution is 0.670. The fourth-order valence-electron chi connectivity index (χ4n) is 2.80. The number of nitrogens with zero attached hydrogens (tertiary/aromatic N) is 1. The van der Waals surface area contributed by atoms with E-state index in [-0.39, 0.29) is 0 Å². The Labute approximate surface area is 134 Å². The molecule has 1 heterocycles. The molecule has 3 nitrogen and oxygen atoms in total. The van der Waals surface area contributed by atoms with E-state index in [1.54, 1.807) is 12.1 Å². The van der Waals surface area contributed by atoms with E-state index < -0.39 is 0 Å². The molecule has 4 aromatic rings. The Bertz CT molecular complexity index is 1020. The molecular weight excluding hydrogens is 342 g/mol. The third-order valence-electron chi connectivity index (χ3n) is 3.76. The van der Waals surface area contributed by atoms with Crippen LogP contribution in [0.5, 0.6) is 0 Å². The standard InChI is InChI=1S/C18H10BrNO2/c19-14-8-4-9-15(20-21)17(14)13-7-3-6-12-11-5-1-2-10-16(11)22-18(12)13/h1-10H. The summed E-state index contributed by atoms with van der Waals surface area (Å²) >= 11 is 3.51. The van der Waals surface area contributed by atoms with E-state index in [0.29, 0.717) is 5.69 Å². The molecule has 3 aromatic carbocycles. The van der Waals surface area contributed by atoms with Crippen molar-refractivity contribution in [2.24, 2.45) is 5.18 Å². The van der Waals surface area contributed by atoms with Crippen LogP contribution in [0.1, 0.15) is 0 Å². The van der Waals surface area contributed by atoms with Crippen LogP contribution in [-0.2, 0) is 0 Å². The quantitative estimate of drug-likeness (QED) is 0.391. The number of nitroso groups, excluding NO2 is 1. The highest BCUT2D eigenvalue weighted by atomic mass is 79.9. The number of fused-ring (bicyclic) bond motifs is 3. The van der Waals surface area contributed by atoms with Gasteiger partial charge < -0.3 is 4.42 Å². The van der Waals surface area contributed by atoms with E-state index >= 15 is 0 Å². The van der Waals surface area contributed by atoms with Gasteiger partial charge in [-0.1, -0.05) is 58.4 Å². The van der Waals surface area contributed by atoms with Crippen LogP contribution in [0.25, 0.3) is 33.1 Å². The Morgan fingerprint density at radius 3 is 2.50 bits per heavy atom. The summed E-state index contributed by atoms with van der Waals surface area (Å²) in [5.41, 5.74) is 3.60. The average Bonchev–Trinajstić information content (AvgIpc) is 2.93. The van der Waals surface area contributed by atoms with Crippen molar-refractivity contribution in [3.8, 4) is 11.1 Å². The maximum absolute atomic E-state index is 11.2. The summed E-state index contributed by atoms with van der Waals surface area (Å²) in [4.78, 5) is 11.2. The summed E-state index contributed by atoms with van der Waals surface area (Å²) in [6.45, 7) is 0. The SMILES string of the molecule is O=Nc1cccc(Br)c1-c1cccc2c1oc1ccccc12. The second kappa shape index (κ2) is 5.07. The number of furan rings is 1. The van der Waals surface area contributed by atoms with E-state index in [4.69, 9.17) is 4.42 Å². The first-order chi connectivity index (χ1) is 10.8. The molecule has 0 spiro atoms. The van der Waals surface area contributed by atoms with Gasteiger partial charge in [0.05, 0.1) is 0 Å². The van der Waals surface area contributed by atoms with Gasteiger partial charge in [0.25, 0.3) is 0 Å². The molecule has 0 saturated carbocycles. The van der Waals surface area contributed by atoms with Crippen LogP contribution in [-0.4, -0.2) is 0 Å². The number of hydrogen-bond donors (Lipinski definition) is 0. The van der Waals surface area contributed by atoms with Crippen molar-refractivity contribution in [1.29, 1.82) is 0 Å². The van der Waals surface area contributed by atoms with Crippen molar-refractivity contribution >= 4 is 43.6 Å². The molecule has 4 rings (SSSR count). The Hall–Kier alpha value is -2.46. The Balaban J connectivity index is 2.15. The monoisotopic (exact) mass is 351 g/mol. The Morgan fingerprint density at radius 1 is 0.864 bits per heavy atom. The van der Waals surface area contributed by atoms with Crippen molar-refractivity contribution in [2.75, 3.05) is 0 Å². The van der Waals surface area contributed by atoms with Gasteiger partial charge in [-0.25, -0.2) is 0 Å². The van der Waals surface area contributed by atoms with Crippen molar-refractivity contribution < 1.29 is 4.42 Å². The molecule has 0 aliphatic carbocycles. The van der Waals surface area contributed by atoms with Gasteiger partial charge in [0, 0.05) is 26.4 Å². The van der Waals surface area contributed by atoms with Gasteiger partial charge in [0.1, 0.15) is 16.9 Å².